The van der Waals surface area contributed by atoms with E-state index in [2.05, 4.69) is 45.5 Å². The van der Waals surface area contributed by atoms with Crippen molar-refractivity contribution >= 4 is 35.8 Å². The first-order valence-corrected chi connectivity index (χ1v) is 11.2. The minimum atomic E-state index is -0.247. The van der Waals surface area contributed by atoms with Crippen molar-refractivity contribution in [3.63, 3.8) is 0 Å². The molecule has 2 unspecified atom stereocenters. The van der Waals surface area contributed by atoms with Crippen LogP contribution in [0.25, 0.3) is 0 Å². The van der Waals surface area contributed by atoms with Gasteiger partial charge in [0.05, 0.1) is 19.1 Å². The van der Waals surface area contributed by atoms with Crippen LogP contribution in [-0.2, 0) is 9.53 Å². The second kappa shape index (κ2) is 12.2. The summed E-state index contributed by atoms with van der Waals surface area (Å²) in [4.78, 5) is 22.1. The lowest BCUT2D eigenvalue weighted by Crippen LogP contribution is -2.47. The van der Waals surface area contributed by atoms with Gasteiger partial charge in [0.15, 0.2) is 5.96 Å². The van der Waals surface area contributed by atoms with Crippen molar-refractivity contribution in [1.82, 2.24) is 15.1 Å². The van der Waals surface area contributed by atoms with Gasteiger partial charge in [-0.1, -0.05) is 60.7 Å². The van der Waals surface area contributed by atoms with Gasteiger partial charge in [-0.15, -0.1) is 24.0 Å². The summed E-state index contributed by atoms with van der Waals surface area (Å²) >= 11 is 0. The maximum Gasteiger partial charge on any atom is 0.232 e. The average molecular weight is 548 g/mol. The molecule has 6 nitrogen and oxygen atoms in total. The first-order chi connectivity index (χ1) is 15.3. The molecule has 2 saturated heterocycles. The van der Waals surface area contributed by atoms with Crippen LogP contribution in [0.3, 0.4) is 0 Å². The summed E-state index contributed by atoms with van der Waals surface area (Å²) in [5.41, 5.74) is 2.41. The summed E-state index contributed by atoms with van der Waals surface area (Å²) in [5, 5.41) is 3.50. The van der Waals surface area contributed by atoms with E-state index in [0.29, 0.717) is 38.8 Å². The fraction of sp³-hybridized carbons (Fsp3) is 0.440. The Kier molecular flexibility index (Phi) is 9.35. The van der Waals surface area contributed by atoms with Crippen molar-refractivity contribution < 1.29 is 9.53 Å². The zero-order valence-electron chi connectivity index (χ0n) is 18.7. The van der Waals surface area contributed by atoms with Gasteiger partial charge in [0.2, 0.25) is 5.91 Å². The van der Waals surface area contributed by atoms with E-state index in [1.807, 2.05) is 42.3 Å². The van der Waals surface area contributed by atoms with Crippen molar-refractivity contribution in [1.29, 1.82) is 0 Å². The highest BCUT2D eigenvalue weighted by atomic mass is 127. The lowest BCUT2D eigenvalue weighted by Gasteiger charge is -2.31. The Hall–Kier alpha value is -2.13. The van der Waals surface area contributed by atoms with E-state index >= 15 is 0 Å². The van der Waals surface area contributed by atoms with Crippen LogP contribution in [0.2, 0.25) is 0 Å². The number of halogens is 1. The Labute approximate surface area is 208 Å². The molecule has 2 aliphatic rings. The molecule has 7 heteroatoms. The van der Waals surface area contributed by atoms with Crippen LogP contribution >= 0.6 is 24.0 Å². The smallest absolute Gasteiger partial charge is 0.232 e. The minimum Gasteiger partial charge on any atom is -0.378 e. The van der Waals surface area contributed by atoms with Crippen LogP contribution in [0.5, 0.6) is 0 Å². The maximum atomic E-state index is 13.3. The molecule has 2 atom stereocenters. The number of benzene rings is 2. The van der Waals surface area contributed by atoms with Gasteiger partial charge in [-0.2, -0.15) is 0 Å². The summed E-state index contributed by atoms with van der Waals surface area (Å²) in [6.45, 7) is 4.96. The largest absolute Gasteiger partial charge is 0.378 e. The van der Waals surface area contributed by atoms with E-state index in [4.69, 9.17) is 4.74 Å². The molecule has 0 saturated carbocycles. The second-order valence-electron chi connectivity index (χ2n) is 8.17. The molecule has 0 aromatic heterocycles. The van der Waals surface area contributed by atoms with Gasteiger partial charge >= 0.3 is 0 Å². The Morgan fingerprint density at radius 3 is 2.34 bits per heavy atom. The van der Waals surface area contributed by atoms with E-state index in [-0.39, 0.29) is 35.8 Å². The highest BCUT2D eigenvalue weighted by molar-refractivity contribution is 14.0. The van der Waals surface area contributed by atoms with E-state index in [1.54, 1.807) is 0 Å². The number of guanidine groups is 1. The van der Waals surface area contributed by atoms with Crippen LogP contribution in [-0.4, -0.2) is 74.7 Å². The van der Waals surface area contributed by atoms with E-state index < -0.39 is 0 Å². The molecule has 0 aliphatic carbocycles. The molecule has 0 radical (unpaired) electrons. The molecular formula is C25H33IN4O2. The first-order valence-electron chi connectivity index (χ1n) is 11.2. The molecule has 4 rings (SSSR count). The van der Waals surface area contributed by atoms with Gasteiger partial charge in [0.25, 0.3) is 0 Å². The lowest BCUT2D eigenvalue weighted by atomic mass is 9.97. The monoisotopic (exact) mass is 548 g/mol. The summed E-state index contributed by atoms with van der Waals surface area (Å²) in [7, 11) is 1.82. The Balaban J connectivity index is 0.00000289. The van der Waals surface area contributed by atoms with Crippen LogP contribution < -0.4 is 5.32 Å². The fourth-order valence-electron chi connectivity index (χ4n) is 4.51. The van der Waals surface area contributed by atoms with Gasteiger partial charge in [-0.25, -0.2) is 0 Å². The molecule has 1 amide bonds. The highest BCUT2D eigenvalue weighted by Gasteiger charge is 2.29. The molecule has 0 spiro atoms. The molecule has 1 N–H and O–H groups in total. The summed E-state index contributed by atoms with van der Waals surface area (Å²) in [5.74, 6) is 1.29. The molecule has 2 aliphatic heterocycles. The van der Waals surface area contributed by atoms with E-state index in [0.717, 1.165) is 31.0 Å². The van der Waals surface area contributed by atoms with Gasteiger partial charge in [0.1, 0.15) is 0 Å². The lowest BCUT2D eigenvalue weighted by molar-refractivity contribution is -0.136. The van der Waals surface area contributed by atoms with Crippen molar-refractivity contribution in [2.45, 2.75) is 18.3 Å². The maximum absolute atomic E-state index is 13.3. The molecule has 2 aromatic carbocycles. The average Bonchev–Trinajstić information content (AvgIpc) is 3.33. The Morgan fingerprint density at radius 1 is 1.03 bits per heavy atom. The van der Waals surface area contributed by atoms with Crippen molar-refractivity contribution in [3.05, 3.63) is 71.8 Å². The number of aliphatic imine (C=N–C) groups is 1. The normalized spacial score (nSPS) is 19.9. The highest BCUT2D eigenvalue weighted by Crippen LogP contribution is 2.27. The van der Waals surface area contributed by atoms with Gasteiger partial charge in [-0.05, 0) is 17.5 Å². The third-order valence-corrected chi connectivity index (χ3v) is 6.26. The van der Waals surface area contributed by atoms with Crippen LogP contribution in [0.15, 0.2) is 65.7 Å². The fourth-order valence-corrected chi connectivity index (χ4v) is 4.51. The number of morpholine rings is 1. The van der Waals surface area contributed by atoms with Crippen LogP contribution in [0.1, 0.15) is 29.4 Å². The Bertz CT molecular complexity index is 872. The number of ether oxygens (including phenoxy) is 1. The summed E-state index contributed by atoms with van der Waals surface area (Å²) in [6, 6.07) is 20.7. The molecular weight excluding hydrogens is 515 g/mol. The number of nitrogens with one attached hydrogen (secondary N) is 1. The number of rotatable bonds is 5. The number of amides is 1. The molecule has 0 bridgehead atoms. The number of likely N-dealkylation sites (tertiary alicyclic amines) is 1. The zero-order valence-corrected chi connectivity index (χ0v) is 21.0. The van der Waals surface area contributed by atoms with Gasteiger partial charge < -0.3 is 19.9 Å². The number of hydrogen-bond acceptors (Lipinski definition) is 3. The molecule has 2 aromatic rings. The standard InChI is InChI=1S/C25H32N4O2.HI/c1-26-25(29-13-12-22(19-29)20-8-4-2-5-9-20)27-18-23(21-10-6-3-7-11-21)24(30)28-14-16-31-17-15-28;/h2-11,22-23H,12-19H2,1H3,(H,26,27);1H. The quantitative estimate of drug-likeness (QED) is 0.354. The topological polar surface area (TPSA) is 57.2 Å². The number of nitrogens with zero attached hydrogens (tertiary/aromatic N) is 3. The Morgan fingerprint density at radius 2 is 1.69 bits per heavy atom. The number of hydrogen-bond donors (Lipinski definition) is 1. The van der Waals surface area contributed by atoms with Crippen molar-refractivity contribution in [2.75, 3.05) is 53.0 Å². The predicted octanol–water partition coefficient (Wildman–Crippen LogP) is 3.31. The molecule has 32 heavy (non-hydrogen) atoms. The molecule has 2 heterocycles. The number of carbonyl (C=O) groups is 1. The second-order valence-corrected chi connectivity index (χ2v) is 8.17. The van der Waals surface area contributed by atoms with Gasteiger partial charge in [-0.3, -0.25) is 9.79 Å². The molecule has 2 fully saturated rings. The minimum absolute atomic E-state index is 0. The SMILES string of the molecule is CN=C(NCC(C(=O)N1CCOCC1)c1ccccc1)N1CCC(c2ccccc2)C1.I. The van der Waals surface area contributed by atoms with E-state index in [1.165, 1.54) is 5.56 Å². The van der Waals surface area contributed by atoms with Crippen LogP contribution in [0.4, 0.5) is 0 Å². The van der Waals surface area contributed by atoms with Crippen LogP contribution in [0, 0.1) is 0 Å². The zero-order chi connectivity index (χ0) is 21.5. The van der Waals surface area contributed by atoms with Crippen molar-refractivity contribution in [2.24, 2.45) is 4.99 Å². The molecule has 172 valence electrons. The third-order valence-electron chi connectivity index (χ3n) is 6.26. The van der Waals surface area contributed by atoms with Gasteiger partial charge in [0, 0.05) is 45.7 Å². The third kappa shape index (κ3) is 6.01. The summed E-state index contributed by atoms with van der Waals surface area (Å²) in [6.07, 6.45) is 1.11. The summed E-state index contributed by atoms with van der Waals surface area (Å²) < 4.78 is 5.43. The number of carbonyl (C=O) groups excluding carboxylic acids is 1. The predicted molar refractivity (Wildman–Crippen MR) is 139 cm³/mol. The van der Waals surface area contributed by atoms with Crippen molar-refractivity contribution in [3.8, 4) is 0 Å². The van der Waals surface area contributed by atoms with E-state index in [9.17, 15) is 4.79 Å². The first kappa shape index (κ1) is 24.5.